The van der Waals surface area contributed by atoms with Crippen LogP contribution in [0, 0.1) is 0 Å². The third-order valence-corrected chi connectivity index (χ3v) is 1.95. The van der Waals surface area contributed by atoms with Crippen molar-refractivity contribution >= 4 is 5.97 Å². The summed E-state index contributed by atoms with van der Waals surface area (Å²) in [4.78, 5) is 11.1. The highest BCUT2D eigenvalue weighted by molar-refractivity contribution is 5.79. The zero-order valence-electron chi connectivity index (χ0n) is 8.63. The van der Waals surface area contributed by atoms with E-state index in [-0.39, 0.29) is 5.97 Å². The van der Waals surface area contributed by atoms with Gasteiger partial charge in [0.1, 0.15) is 5.54 Å². The molecule has 0 rings (SSSR count). The molecule has 0 aliphatic heterocycles. The lowest BCUT2D eigenvalue weighted by atomic mass is 9.96. The molecule has 2 N–H and O–H groups in total. The minimum absolute atomic E-state index is 0.357. The van der Waals surface area contributed by atoms with Crippen LogP contribution in [0.1, 0.15) is 26.2 Å². The average Bonchev–Trinajstić information content (AvgIpc) is 2.11. The number of nitrogens with two attached hydrogens (primary N) is 1. The highest BCUT2D eigenvalue weighted by Gasteiger charge is 2.28. The van der Waals surface area contributed by atoms with Crippen LogP contribution >= 0.6 is 0 Å². The molecular weight excluding hydrogens is 170 g/mol. The standard InChI is InChI=1S/C9H19NO3/c1-9(10,8(11)13-3)6-4-5-7-12-2/h4-7,10H2,1-3H3. The third-order valence-electron chi connectivity index (χ3n) is 1.95. The molecule has 0 heterocycles. The van der Waals surface area contributed by atoms with E-state index in [0.717, 1.165) is 12.8 Å². The van der Waals surface area contributed by atoms with Crippen molar-refractivity contribution in [3.63, 3.8) is 0 Å². The van der Waals surface area contributed by atoms with Gasteiger partial charge in [0.05, 0.1) is 7.11 Å². The van der Waals surface area contributed by atoms with Crippen LogP contribution in [0.3, 0.4) is 0 Å². The third kappa shape index (κ3) is 4.85. The molecule has 13 heavy (non-hydrogen) atoms. The molecule has 0 aromatic carbocycles. The normalized spacial score (nSPS) is 15.1. The van der Waals surface area contributed by atoms with E-state index in [9.17, 15) is 4.79 Å². The summed E-state index contributed by atoms with van der Waals surface area (Å²) in [6.45, 7) is 2.39. The summed E-state index contributed by atoms with van der Waals surface area (Å²) >= 11 is 0. The molecule has 4 nitrogen and oxygen atoms in total. The number of methoxy groups -OCH3 is 2. The zero-order valence-corrected chi connectivity index (χ0v) is 8.63. The number of carbonyl (C=O) groups excluding carboxylic acids is 1. The Kier molecular flexibility index (Phi) is 5.66. The van der Waals surface area contributed by atoms with E-state index in [4.69, 9.17) is 10.5 Å². The SMILES string of the molecule is COCCCCC(C)(N)C(=O)OC. The summed E-state index contributed by atoms with van der Waals surface area (Å²) in [5.74, 6) is -0.357. The van der Waals surface area contributed by atoms with Crippen molar-refractivity contribution in [3.8, 4) is 0 Å². The van der Waals surface area contributed by atoms with Gasteiger partial charge in [-0.25, -0.2) is 0 Å². The van der Waals surface area contributed by atoms with E-state index in [1.165, 1.54) is 7.11 Å². The molecule has 4 heteroatoms. The van der Waals surface area contributed by atoms with Gasteiger partial charge in [-0.05, 0) is 26.2 Å². The molecule has 0 amide bonds. The maximum absolute atomic E-state index is 11.1. The Morgan fingerprint density at radius 3 is 2.46 bits per heavy atom. The Morgan fingerprint density at radius 1 is 1.38 bits per heavy atom. The van der Waals surface area contributed by atoms with Crippen molar-refractivity contribution in [2.24, 2.45) is 5.73 Å². The Morgan fingerprint density at radius 2 is 2.00 bits per heavy atom. The molecule has 0 aliphatic carbocycles. The Labute approximate surface area is 79.4 Å². The lowest BCUT2D eigenvalue weighted by Crippen LogP contribution is -2.45. The summed E-state index contributed by atoms with van der Waals surface area (Å²) in [7, 11) is 3.00. The van der Waals surface area contributed by atoms with Crippen LogP contribution in [-0.2, 0) is 14.3 Å². The van der Waals surface area contributed by atoms with Crippen molar-refractivity contribution in [1.82, 2.24) is 0 Å². The predicted octanol–water partition coefficient (Wildman–Crippen LogP) is 0.694. The minimum Gasteiger partial charge on any atom is -0.468 e. The summed E-state index contributed by atoms with van der Waals surface area (Å²) in [5.41, 5.74) is 4.88. The summed E-state index contributed by atoms with van der Waals surface area (Å²) in [5, 5.41) is 0. The van der Waals surface area contributed by atoms with E-state index in [2.05, 4.69) is 4.74 Å². The lowest BCUT2D eigenvalue weighted by molar-refractivity contribution is -0.146. The smallest absolute Gasteiger partial charge is 0.325 e. The number of rotatable bonds is 6. The van der Waals surface area contributed by atoms with Crippen LogP contribution < -0.4 is 5.73 Å². The zero-order chi connectivity index (χ0) is 10.3. The van der Waals surface area contributed by atoms with Gasteiger partial charge in [-0.1, -0.05) is 0 Å². The molecule has 0 saturated heterocycles. The molecule has 0 aromatic rings. The molecule has 1 atom stereocenters. The van der Waals surface area contributed by atoms with Crippen LogP contribution in [-0.4, -0.2) is 32.3 Å². The van der Waals surface area contributed by atoms with Crippen LogP contribution in [0.15, 0.2) is 0 Å². The van der Waals surface area contributed by atoms with Gasteiger partial charge in [-0.3, -0.25) is 4.79 Å². The van der Waals surface area contributed by atoms with Gasteiger partial charge in [-0.2, -0.15) is 0 Å². The van der Waals surface area contributed by atoms with Gasteiger partial charge in [0.2, 0.25) is 0 Å². The molecule has 0 fully saturated rings. The Hall–Kier alpha value is -0.610. The number of ether oxygens (including phenoxy) is 2. The van der Waals surface area contributed by atoms with E-state index in [0.29, 0.717) is 13.0 Å². The predicted molar refractivity (Wildman–Crippen MR) is 50.3 cm³/mol. The van der Waals surface area contributed by atoms with E-state index >= 15 is 0 Å². The maximum Gasteiger partial charge on any atom is 0.325 e. The van der Waals surface area contributed by atoms with Crippen LogP contribution in [0.2, 0.25) is 0 Å². The number of hydrogen-bond donors (Lipinski definition) is 1. The molecule has 1 unspecified atom stereocenters. The van der Waals surface area contributed by atoms with Crippen molar-refractivity contribution in [1.29, 1.82) is 0 Å². The van der Waals surface area contributed by atoms with E-state index in [1.54, 1.807) is 14.0 Å². The number of hydrogen-bond acceptors (Lipinski definition) is 4. The van der Waals surface area contributed by atoms with Gasteiger partial charge in [0, 0.05) is 13.7 Å². The highest BCUT2D eigenvalue weighted by atomic mass is 16.5. The average molecular weight is 189 g/mol. The fraction of sp³-hybridized carbons (Fsp3) is 0.889. The van der Waals surface area contributed by atoms with Gasteiger partial charge >= 0.3 is 5.97 Å². The molecular formula is C9H19NO3. The molecule has 0 radical (unpaired) electrons. The van der Waals surface area contributed by atoms with Gasteiger partial charge in [0.25, 0.3) is 0 Å². The molecule has 0 aromatic heterocycles. The second-order valence-corrected chi connectivity index (χ2v) is 3.36. The van der Waals surface area contributed by atoms with E-state index < -0.39 is 5.54 Å². The Balaban J connectivity index is 3.69. The molecule has 0 aliphatic rings. The molecule has 0 saturated carbocycles. The first kappa shape index (κ1) is 12.4. The van der Waals surface area contributed by atoms with Crippen molar-refractivity contribution in [3.05, 3.63) is 0 Å². The fourth-order valence-electron chi connectivity index (χ4n) is 1.07. The van der Waals surface area contributed by atoms with Crippen molar-refractivity contribution < 1.29 is 14.3 Å². The van der Waals surface area contributed by atoms with Gasteiger partial charge in [0.15, 0.2) is 0 Å². The van der Waals surface area contributed by atoms with Crippen molar-refractivity contribution in [2.75, 3.05) is 20.8 Å². The topological polar surface area (TPSA) is 61.5 Å². The summed E-state index contributed by atoms with van der Waals surface area (Å²) in [6, 6.07) is 0. The minimum atomic E-state index is -0.859. The largest absolute Gasteiger partial charge is 0.468 e. The first-order chi connectivity index (χ1) is 6.04. The van der Waals surface area contributed by atoms with Gasteiger partial charge in [-0.15, -0.1) is 0 Å². The molecule has 0 spiro atoms. The number of unbranched alkanes of at least 4 members (excludes halogenated alkanes) is 1. The van der Waals surface area contributed by atoms with Crippen LogP contribution in [0.5, 0.6) is 0 Å². The lowest BCUT2D eigenvalue weighted by Gasteiger charge is -2.20. The Bertz CT molecular complexity index is 157. The second kappa shape index (κ2) is 5.94. The number of esters is 1. The fourth-order valence-corrected chi connectivity index (χ4v) is 1.07. The molecule has 0 bridgehead atoms. The highest BCUT2D eigenvalue weighted by Crippen LogP contribution is 2.12. The first-order valence-corrected chi connectivity index (χ1v) is 4.41. The second-order valence-electron chi connectivity index (χ2n) is 3.36. The number of carbonyl (C=O) groups is 1. The van der Waals surface area contributed by atoms with Gasteiger partial charge < -0.3 is 15.2 Å². The van der Waals surface area contributed by atoms with Crippen molar-refractivity contribution in [2.45, 2.75) is 31.7 Å². The monoisotopic (exact) mass is 189 g/mol. The van der Waals surface area contributed by atoms with Crippen LogP contribution in [0.25, 0.3) is 0 Å². The molecule has 78 valence electrons. The first-order valence-electron chi connectivity index (χ1n) is 4.41. The maximum atomic E-state index is 11.1. The van der Waals surface area contributed by atoms with Crippen LogP contribution in [0.4, 0.5) is 0 Å². The summed E-state index contributed by atoms with van der Waals surface area (Å²) in [6.07, 6.45) is 2.42. The summed E-state index contributed by atoms with van der Waals surface area (Å²) < 4.78 is 9.46. The quantitative estimate of drug-likeness (QED) is 0.493. The van der Waals surface area contributed by atoms with E-state index in [1.807, 2.05) is 0 Å².